The Labute approximate surface area is 133 Å². The van der Waals surface area contributed by atoms with E-state index in [1.165, 1.54) is 6.92 Å². The molecule has 1 aromatic rings. The first-order valence-corrected chi connectivity index (χ1v) is 8.93. The molecule has 21 heavy (non-hydrogen) atoms. The van der Waals surface area contributed by atoms with Crippen LogP contribution in [0.2, 0.25) is 0 Å². The Kier molecular flexibility index (Phi) is 4.21. The quantitative estimate of drug-likeness (QED) is 0.864. The number of nitrogens with zero attached hydrogens (tertiary/aromatic N) is 1. The van der Waals surface area contributed by atoms with E-state index >= 15 is 0 Å². The van der Waals surface area contributed by atoms with Crippen LogP contribution in [0.3, 0.4) is 0 Å². The van der Waals surface area contributed by atoms with Gasteiger partial charge in [-0.25, -0.2) is 13.1 Å². The van der Waals surface area contributed by atoms with E-state index in [0.29, 0.717) is 16.7 Å². The molecule has 116 valence electrons. The molecule has 0 aromatic heterocycles. The number of amides is 1. The fraction of sp³-hybridized carbons (Fsp3) is 0.500. The van der Waals surface area contributed by atoms with E-state index in [9.17, 15) is 13.2 Å². The van der Waals surface area contributed by atoms with E-state index < -0.39 is 15.6 Å². The molecule has 1 N–H and O–H groups in total. The molecule has 0 radical (unpaired) electrons. The van der Waals surface area contributed by atoms with Crippen molar-refractivity contribution < 1.29 is 13.2 Å². The van der Waals surface area contributed by atoms with Gasteiger partial charge in [-0.15, -0.1) is 0 Å². The van der Waals surface area contributed by atoms with Crippen LogP contribution in [0.4, 0.5) is 5.69 Å². The average Bonchev–Trinajstić information content (AvgIpc) is 2.66. The number of rotatable bonds is 2. The maximum Gasteiger partial charge on any atom is 0.242 e. The minimum Gasteiger partial charge on any atom is -0.312 e. The summed E-state index contributed by atoms with van der Waals surface area (Å²) < 4.78 is 28.1. The van der Waals surface area contributed by atoms with E-state index in [1.807, 2.05) is 0 Å². The largest absolute Gasteiger partial charge is 0.312 e. The predicted molar refractivity (Wildman–Crippen MR) is 85.9 cm³/mol. The topological polar surface area (TPSA) is 66.5 Å². The van der Waals surface area contributed by atoms with Crippen molar-refractivity contribution in [1.29, 1.82) is 0 Å². The molecule has 0 atom stereocenters. The van der Waals surface area contributed by atoms with Crippen molar-refractivity contribution in [2.45, 2.75) is 44.6 Å². The van der Waals surface area contributed by atoms with Crippen molar-refractivity contribution >= 4 is 37.5 Å². The van der Waals surface area contributed by atoms with Crippen LogP contribution in [0.25, 0.3) is 0 Å². The van der Waals surface area contributed by atoms with Gasteiger partial charge in [-0.2, -0.15) is 0 Å². The summed E-state index contributed by atoms with van der Waals surface area (Å²) in [6, 6.07) is 3.36. The van der Waals surface area contributed by atoms with Crippen LogP contribution in [0, 0.1) is 0 Å². The third kappa shape index (κ3) is 3.46. The monoisotopic (exact) mass is 374 g/mol. The molecule has 0 saturated carbocycles. The van der Waals surface area contributed by atoms with Gasteiger partial charge in [0.25, 0.3) is 0 Å². The SMILES string of the molecule is CC(=O)N1CCc2cc(Br)c(S(=O)(=O)NC(C)(C)C)cc21. The first-order valence-electron chi connectivity index (χ1n) is 6.66. The summed E-state index contributed by atoms with van der Waals surface area (Å²) in [6.45, 7) is 7.43. The summed E-state index contributed by atoms with van der Waals surface area (Å²) in [5, 5.41) is 0. The number of benzene rings is 1. The molecule has 0 aliphatic carbocycles. The number of carbonyl (C=O) groups excluding carboxylic acids is 1. The molecule has 0 bridgehead atoms. The molecule has 1 heterocycles. The number of halogens is 1. The Bertz CT molecular complexity index is 693. The van der Waals surface area contributed by atoms with Gasteiger partial charge in [-0.05, 0) is 60.8 Å². The molecule has 1 aliphatic heterocycles. The molecule has 1 aliphatic rings. The van der Waals surface area contributed by atoms with Gasteiger partial charge in [0.2, 0.25) is 15.9 Å². The number of anilines is 1. The van der Waals surface area contributed by atoms with Crippen LogP contribution in [-0.2, 0) is 21.2 Å². The predicted octanol–water partition coefficient (Wildman–Crippen LogP) is 2.43. The highest BCUT2D eigenvalue weighted by Crippen LogP contribution is 2.35. The molecule has 5 nitrogen and oxygen atoms in total. The van der Waals surface area contributed by atoms with Crippen molar-refractivity contribution in [3.05, 3.63) is 22.2 Å². The summed E-state index contributed by atoms with van der Waals surface area (Å²) in [5.41, 5.74) is 1.09. The van der Waals surface area contributed by atoms with Gasteiger partial charge in [-0.1, -0.05) is 0 Å². The lowest BCUT2D eigenvalue weighted by molar-refractivity contribution is -0.116. The summed E-state index contributed by atoms with van der Waals surface area (Å²) in [7, 11) is -3.65. The van der Waals surface area contributed by atoms with Crippen molar-refractivity contribution in [3.8, 4) is 0 Å². The average molecular weight is 375 g/mol. The molecule has 0 fully saturated rings. The van der Waals surface area contributed by atoms with Crippen molar-refractivity contribution in [2.24, 2.45) is 0 Å². The zero-order valence-electron chi connectivity index (χ0n) is 12.5. The molecule has 2 rings (SSSR count). The van der Waals surface area contributed by atoms with Crippen LogP contribution in [0.1, 0.15) is 33.3 Å². The van der Waals surface area contributed by atoms with Gasteiger partial charge < -0.3 is 4.90 Å². The number of sulfonamides is 1. The highest BCUT2D eigenvalue weighted by atomic mass is 79.9. The lowest BCUT2D eigenvalue weighted by Gasteiger charge is -2.22. The van der Waals surface area contributed by atoms with Crippen LogP contribution in [0.15, 0.2) is 21.5 Å². The van der Waals surface area contributed by atoms with Crippen molar-refractivity contribution in [3.63, 3.8) is 0 Å². The number of hydrogen-bond acceptors (Lipinski definition) is 3. The Balaban J connectivity index is 2.52. The molecule has 1 aromatic carbocycles. The number of nitrogens with one attached hydrogen (secondary N) is 1. The van der Waals surface area contributed by atoms with Crippen molar-refractivity contribution in [1.82, 2.24) is 4.72 Å². The molecular weight excluding hydrogens is 356 g/mol. The summed E-state index contributed by atoms with van der Waals surface area (Å²) in [5.74, 6) is -0.0804. The van der Waals surface area contributed by atoms with E-state index in [-0.39, 0.29) is 10.8 Å². The number of fused-ring (bicyclic) bond motifs is 1. The third-order valence-corrected chi connectivity index (χ3v) is 5.86. The van der Waals surface area contributed by atoms with Crippen LogP contribution >= 0.6 is 15.9 Å². The fourth-order valence-electron chi connectivity index (χ4n) is 2.38. The smallest absolute Gasteiger partial charge is 0.242 e. The maximum atomic E-state index is 12.5. The zero-order chi connectivity index (χ0) is 16.0. The van der Waals surface area contributed by atoms with E-state index in [0.717, 1.165) is 12.0 Å². The van der Waals surface area contributed by atoms with E-state index in [2.05, 4.69) is 20.7 Å². The first kappa shape index (κ1) is 16.5. The highest BCUT2D eigenvalue weighted by Gasteiger charge is 2.29. The molecule has 1 amide bonds. The maximum absolute atomic E-state index is 12.5. The van der Waals surface area contributed by atoms with Gasteiger partial charge in [0.05, 0.1) is 4.90 Å². The van der Waals surface area contributed by atoms with Crippen molar-refractivity contribution in [2.75, 3.05) is 11.4 Å². The Morgan fingerprint density at radius 1 is 1.33 bits per heavy atom. The molecule has 0 saturated heterocycles. The second kappa shape index (κ2) is 5.37. The minimum absolute atomic E-state index is 0.0804. The van der Waals surface area contributed by atoms with Crippen LogP contribution < -0.4 is 9.62 Å². The summed E-state index contributed by atoms with van der Waals surface area (Å²) in [6.07, 6.45) is 0.737. The van der Waals surface area contributed by atoms with Gasteiger partial charge in [0.15, 0.2) is 0 Å². The second-order valence-electron chi connectivity index (χ2n) is 6.19. The Morgan fingerprint density at radius 2 is 1.95 bits per heavy atom. The molecule has 0 spiro atoms. The lowest BCUT2D eigenvalue weighted by Crippen LogP contribution is -2.40. The number of carbonyl (C=O) groups is 1. The van der Waals surface area contributed by atoms with E-state index in [1.54, 1.807) is 37.8 Å². The number of hydrogen-bond donors (Lipinski definition) is 1. The minimum atomic E-state index is -3.65. The van der Waals surface area contributed by atoms with Crippen LogP contribution in [0.5, 0.6) is 0 Å². The van der Waals surface area contributed by atoms with E-state index in [4.69, 9.17) is 0 Å². The van der Waals surface area contributed by atoms with Gasteiger partial charge in [-0.3, -0.25) is 4.79 Å². The summed E-state index contributed by atoms with van der Waals surface area (Å²) >= 11 is 3.33. The zero-order valence-corrected chi connectivity index (χ0v) is 14.9. The van der Waals surface area contributed by atoms with Gasteiger partial charge in [0.1, 0.15) is 0 Å². The molecule has 0 unspecified atom stereocenters. The second-order valence-corrected chi connectivity index (χ2v) is 8.69. The van der Waals surface area contributed by atoms with Crippen LogP contribution in [-0.4, -0.2) is 26.4 Å². The first-order chi connectivity index (χ1) is 9.51. The highest BCUT2D eigenvalue weighted by molar-refractivity contribution is 9.10. The van der Waals surface area contributed by atoms with Gasteiger partial charge >= 0.3 is 0 Å². The molecule has 7 heteroatoms. The molecular formula is C14H19BrN2O3S. The standard InChI is InChI=1S/C14H19BrN2O3S/c1-9(18)17-6-5-10-7-11(15)13(8-12(10)17)21(19,20)16-14(2,3)4/h7-8,16H,5-6H2,1-4H3. The normalized spacial score (nSPS) is 15.2. The Morgan fingerprint density at radius 3 is 2.48 bits per heavy atom. The summed E-state index contributed by atoms with van der Waals surface area (Å²) in [4.78, 5) is 13.4. The lowest BCUT2D eigenvalue weighted by atomic mass is 10.1. The third-order valence-electron chi connectivity index (χ3n) is 3.14. The Hall–Kier alpha value is -0.920. The fourth-order valence-corrected chi connectivity index (χ4v) is 4.91. The van der Waals surface area contributed by atoms with Gasteiger partial charge in [0, 0.05) is 29.2 Å².